The fraction of sp³-hybridized carbons (Fsp3) is 0.800. The van der Waals surface area contributed by atoms with Crippen LogP contribution in [-0.4, -0.2) is 0 Å². The molecule has 0 aromatic rings. The first-order chi connectivity index (χ1) is 5.33. The molecule has 64 valence electrons. The van der Waals surface area contributed by atoms with Gasteiger partial charge in [0.15, 0.2) is 5.41 Å². The van der Waals surface area contributed by atoms with Crippen LogP contribution in [-0.2, 0) is 0 Å². The summed E-state index contributed by atoms with van der Waals surface area (Å²) in [5.41, 5.74) is -1.10. The molecular weight excluding hydrogens is 148 g/mol. The first kappa shape index (κ1) is 9.07. The van der Waals surface area contributed by atoms with Gasteiger partial charge in [0.2, 0.25) is 0 Å². The predicted molar refractivity (Wildman–Crippen MR) is 45.8 cm³/mol. The first-order valence-corrected chi connectivity index (χ1v) is 4.15. The second-order valence-corrected chi connectivity index (χ2v) is 4.92. The van der Waals surface area contributed by atoms with Gasteiger partial charge in [-0.3, -0.25) is 0 Å². The van der Waals surface area contributed by atoms with Gasteiger partial charge in [-0.05, 0) is 17.3 Å². The van der Waals surface area contributed by atoms with Crippen LogP contribution in [0.15, 0.2) is 0 Å². The van der Waals surface area contributed by atoms with Gasteiger partial charge in [0, 0.05) is 0 Å². The Labute approximate surface area is 73.8 Å². The average Bonchev–Trinajstić information content (AvgIpc) is 1.85. The Morgan fingerprint density at radius 2 is 1.25 bits per heavy atom. The Bertz CT molecular complexity index is 256. The molecule has 1 aliphatic carbocycles. The van der Waals surface area contributed by atoms with Gasteiger partial charge in [0.1, 0.15) is 0 Å². The molecule has 0 aromatic carbocycles. The Kier molecular flexibility index (Phi) is 1.52. The van der Waals surface area contributed by atoms with E-state index in [4.69, 9.17) is 10.5 Å². The Morgan fingerprint density at radius 1 is 0.917 bits per heavy atom. The van der Waals surface area contributed by atoms with E-state index in [0.717, 1.165) is 6.42 Å². The second-order valence-electron chi connectivity index (χ2n) is 4.92. The molecule has 12 heavy (non-hydrogen) atoms. The molecule has 1 rings (SSSR count). The van der Waals surface area contributed by atoms with Crippen LogP contribution in [0.3, 0.4) is 0 Å². The predicted octanol–water partition coefficient (Wildman–Crippen LogP) is 2.48. The van der Waals surface area contributed by atoms with E-state index in [1.165, 1.54) is 0 Å². The van der Waals surface area contributed by atoms with Crippen LogP contribution in [0.4, 0.5) is 0 Å². The molecule has 1 aliphatic rings. The lowest BCUT2D eigenvalue weighted by atomic mass is 9.39. The topological polar surface area (TPSA) is 47.6 Å². The number of hydrogen-bond donors (Lipinski definition) is 0. The maximum atomic E-state index is 9.04. The highest BCUT2D eigenvalue weighted by Crippen LogP contribution is 2.66. The molecule has 0 aromatic heterocycles. The van der Waals surface area contributed by atoms with E-state index >= 15 is 0 Å². The van der Waals surface area contributed by atoms with Crippen molar-refractivity contribution in [2.75, 3.05) is 0 Å². The summed E-state index contributed by atoms with van der Waals surface area (Å²) in [6.07, 6.45) is 0.946. The Balaban J connectivity index is 3.18. The van der Waals surface area contributed by atoms with Gasteiger partial charge in [0.05, 0.1) is 12.1 Å². The van der Waals surface area contributed by atoms with Gasteiger partial charge in [0.25, 0.3) is 0 Å². The number of hydrogen-bond acceptors (Lipinski definition) is 2. The van der Waals surface area contributed by atoms with Crippen LogP contribution in [0.25, 0.3) is 0 Å². The summed E-state index contributed by atoms with van der Waals surface area (Å²) in [6.45, 7) is 7.96. The molecule has 0 spiro atoms. The van der Waals surface area contributed by atoms with E-state index in [-0.39, 0.29) is 10.8 Å². The summed E-state index contributed by atoms with van der Waals surface area (Å²) >= 11 is 0. The van der Waals surface area contributed by atoms with Crippen LogP contribution in [0, 0.1) is 38.9 Å². The Morgan fingerprint density at radius 3 is 1.33 bits per heavy atom. The van der Waals surface area contributed by atoms with Crippen LogP contribution in [0.2, 0.25) is 0 Å². The van der Waals surface area contributed by atoms with Gasteiger partial charge in [-0.25, -0.2) is 0 Å². The molecule has 1 saturated carbocycles. The van der Waals surface area contributed by atoms with Gasteiger partial charge in [-0.2, -0.15) is 10.5 Å². The molecule has 0 radical (unpaired) electrons. The standard InChI is InChI=1S/C10H14N2/c1-8(2)5-9(3,4)10(8,6-11)7-12/h5H2,1-4H3. The van der Waals surface area contributed by atoms with E-state index in [1.54, 1.807) is 0 Å². The molecule has 0 saturated heterocycles. The molecule has 2 nitrogen and oxygen atoms in total. The largest absolute Gasteiger partial charge is 0.197 e. The summed E-state index contributed by atoms with van der Waals surface area (Å²) in [6, 6.07) is 4.37. The van der Waals surface area contributed by atoms with Crippen molar-refractivity contribution in [3.05, 3.63) is 0 Å². The van der Waals surface area contributed by atoms with Gasteiger partial charge in [-0.1, -0.05) is 27.7 Å². The number of nitrogens with zero attached hydrogens (tertiary/aromatic N) is 2. The summed E-state index contributed by atoms with van der Waals surface area (Å²) in [7, 11) is 0. The molecule has 0 atom stereocenters. The molecule has 0 aliphatic heterocycles. The minimum atomic E-state index is -0.792. The van der Waals surface area contributed by atoms with E-state index in [2.05, 4.69) is 12.1 Å². The molecule has 1 fully saturated rings. The van der Waals surface area contributed by atoms with Crippen LogP contribution >= 0.6 is 0 Å². The lowest BCUT2D eigenvalue weighted by molar-refractivity contribution is -0.0982. The lowest BCUT2D eigenvalue weighted by Gasteiger charge is -2.59. The van der Waals surface area contributed by atoms with Crippen molar-refractivity contribution >= 4 is 0 Å². The zero-order valence-electron chi connectivity index (χ0n) is 8.10. The summed E-state index contributed by atoms with van der Waals surface area (Å²) in [5.74, 6) is 0. The van der Waals surface area contributed by atoms with Crippen molar-refractivity contribution in [2.24, 2.45) is 16.2 Å². The molecule has 0 bridgehead atoms. The van der Waals surface area contributed by atoms with Gasteiger partial charge in [-0.15, -0.1) is 0 Å². The van der Waals surface area contributed by atoms with Crippen molar-refractivity contribution in [3.63, 3.8) is 0 Å². The van der Waals surface area contributed by atoms with Crippen molar-refractivity contribution in [2.45, 2.75) is 34.1 Å². The number of rotatable bonds is 0. The second kappa shape index (κ2) is 2.02. The quantitative estimate of drug-likeness (QED) is 0.549. The van der Waals surface area contributed by atoms with E-state index in [1.807, 2.05) is 27.7 Å². The van der Waals surface area contributed by atoms with E-state index in [9.17, 15) is 0 Å². The Hall–Kier alpha value is -1.02. The summed E-state index contributed by atoms with van der Waals surface area (Å²) in [4.78, 5) is 0. The third kappa shape index (κ3) is 0.681. The van der Waals surface area contributed by atoms with E-state index < -0.39 is 5.41 Å². The SMILES string of the molecule is CC1(C)CC(C)(C)C1(C#N)C#N. The van der Waals surface area contributed by atoms with Crippen molar-refractivity contribution in [3.8, 4) is 12.1 Å². The maximum absolute atomic E-state index is 9.04. The molecular formula is C10H14N2. The highest BCUT2D eigenvalue weighted by Gasteiger charge is 2.66. The zero-order chi connectivity index (χ0) is 9.62. The van der Waals surface area contributed by atoms with Crippen molar-refractivity contribution in [1.82, 2.24) is 0 Å². The first-order valence-electron chi connectivity index (χ1n) is 4.15. The third-order valence-corrected chi connectivity index (χ3v) is 3.25. The molecule has 0 N–H and O–H groups in total. The average molecular weight is 162 g/mol. The third-order valence-electron chi connectivity index (χ3n) is 3.25. The molecule has 0 heterocycles. The normalized spacial score (nSPS) is 27.8. The summed E-state index contributed by atoms with van der Waals surface area (Å²) < 4.78 is 0. The minimum absolute atomic E-state index is 0.153. The van der Waals surface area contributed by atoms with Gasteiger partial charge < -0.3 is 0 Å². The van der Waals surface area contributed by atoms with Crippen molar-refractivity contribution < 1.29 is 0 Å². The minimum Gasteiger partial charge on any atom is -0.197 e. The maximum Gasteiger partial charge on any atom is 0.153 e. The van der Waals surface area contributed by atoms with Crippen molar-refractivity contribution in [1.29, 1.82) is 10.5 Å². The van der Waals surface area contributed by atoms with E-state index in [0.29, 0.717) is 0 Å². The van der Waals surface area contributed by atoms with Crippen LogP contribution < -0.4 is 0 Å². The fourth-order valence-corrected chi connectivity index (χ4v) is 2.81. The fourth-order valence-electron chi connectivity index (χ4n) is 2.81. The summed E-state index contributed by atoms with van der Waals surface area (Å²) in [5, 5.41) is 18.1. The smallest absolute Gasteiger partial charge is 0.153 e. The molecule has 2 heteroatoms. The zero-order valence-corrected chi connectivity index (χ0v) is 8.10. The van der Waals surface area contributed by atoms with Crippen LogP contribution in [0.5, 0.6) is 0 Å². The number of nitriles is 2. The monoisotopic (exact) mass is 162 g/mol. The highest BCUT2D eigenvalue weighted by molar-refractivity contribution is 5.32. The highest BCUT2D eigenvalue weighted by atomic mass is 14.7. The van der Waals surface area contributed by atoms with Crippen LogP contribution in [0.1, 0.15) is 34.1 Å². The lowest BCUT2D eigenvalue weighted by Crippen LogP contribution is -2.59. The molecule has 0 amide bonds. The van der Waals surface area contributed by atoms with Gasteiger partial charge >= 0.3 is 0 Å². The molecule has 0 unspecified atom stereocenters.